The molecule has 0 aromatic carbocycles. The van der Waals surface area contributed by atoms with Crippen LogP contribution in [0.4, 0.5) is 0 Å². The van der Waals surface area contributed by atoms with Gasteiger partial charge in [0.15, 0.2) is 0 Å². The molecule has 0 amide bonds. The Balaban J connectivity index is 2.43. The zero-order valence-corrected chi connectivity index (χ0v) is 11.3. The Labute approximate surface area is 98.7 Å². The second-order valence-electron chi connectivity index (χ2n) is 4.74. The third-order valence-electron chi connectivity index (χ3n) is 3.60. The lowest BCUT2D eigenvalue weighted by Gasteiger charge is -2.46. The highest BCUT2D eigenvalue weighted by Crippen LogP contribution is 2.39. The van der Waals surface area contributed by atoms with E-state index in [4.69, 9.17) is 4.74 Å². The second-order valence-corrected chi connectivity index (χ2v) is 7.00. The van der Waals surface area contributed by atoms with Crippen molar-refractivity contribution >= 4 is 9.84 Å². The van der Waals surface area contributed by atoms with Crippen LogP contribution in [0.3, 0.4) is 0 Å². The molecule has 1 aliphatic rings. The van der Waals surface area contributed by atoms with Crippen LogP contribution in [0.2, 0.25) is 0 Å². The highest BCUT2D eigenvalue weighted by atomic mass is 32.2. The van der Waals surface area contributed by atoms with Crippen LogP contribution >= 0.6 is 0 Å². The van der Waals surface area contributed by atoms with E-state index >= 15 is 0 Å². The van der Waals surface area contributed by atoms with Gasteiger partial charge in [0.2, 0.25) is 0 Å². The van der Waals surface area contributed by atoms with E-state index in [1.54, 1.807) is 7.11 Å². The second kappa shape index (κ2) is 5.47. The van der Waals surface area contributed by atoms with Gasteiger partial charge in [-0.25, -0.2) is 8.42 Å². The monoisotopic (exact) mass is 249 g/mol. The Hall–Kier alpha value is -0.130. The summed E-state index contributed by atoms with van der Waals surface area (Å²) in [4.78, 5) is 0. The molecule has 0 bridgehead atoms. The average molecular weight is 249 g/mol. The van der Waals surface area contributed by atoms with Gasteiger partial charge in [0.05, 0.1) is 5.60 Å². The van der Waals surface area contributed by atoms with Crippen LogP contribution in [-0.4, -0.2) is 46.2 Å². The summed E-state index contributed by atoms with van der Waals surface area (Å²) in [5, 5.41) is 3.26. The lowest BCUT2D eigenvalue weighted by atomic mass is 9.73. The number of ether oxygens (including phenoxy) is 1. The van der Waals surface area contributed by atoms with Gasteiger partial charge in [-0.1, -0.05) is 0 Å². The lowest BCUT2D eigenvalue weighted by molar-refractivity contribution is -0.0985. The Bertz CT molecular complexity index is 304. The normalized spacial score (nSPS) is 21.4. The van der Waals surface area contributed by atoms with Crippen LogP contribution < -0.4 is 5.32 Å². The van der Waals surface area contributed by atoms with Gasteiger partial charge < -0.3 is 10.1 Å². The van der Waals surface area contributed by atoms with Crippen LogP contribution in [0.1, 0.15) is 32.1 Å². The molecule has 1 saturated carbocycles. The Morgan fingerprint density at radius 3 is 2.38 bits per heavy atom. The van der Waals surface area contributed by atoms with Crippen LogP contribution in [0.5, 0.6) is 0 Å². The highest BCUT2D eigenvalue weighted by Gasteiger charge is 2.43. The maximum atomic E-state index is 11.1. The molecular weight excluding hydrogens is 226 g/mol. The third kappa shape index (κ3) is 3.43. The molecule has 4 nitrogen and oxygen atoms in total. The van der Waals surface area contributed by atoms with Crippen LogP contribution in [0.25, 0.3) is 0 Å². The van der Waals surface area contributed by atoms with Gasteiger partial charge in [-0.05, 0) is 39.2 Å². The number of likely N-dealkylation sites (N-methyl/N-ethyl adjacent to an activating group) is 1. The SMILES string of the molecule is CNC(CCCS(C)(=O)=O)C1(OC)CCC1. The standard InChI is InChI=1S/C11H23NO3S/c1-12-10(6-4-9-16(3,13)14)11(15-2)7-5-8-11/h10,12H,4-9H2,1-3H3. The fourth-order valence-electron chi connectivity index (χ4n) is 2.44. The minimum atomic E-state index is -2.84. The van der Waals surface area contributed by atoms with Crippen LogP contribution in [0.15, 0.2) is 0 Å². The molecule has 0 radical (unpaired) electrons. The third-order valence-corrected chi connectivity index (χ3v) is 4.63. The Kier molecular flexibility index (Phi) is 4.76. The number of methoxy groups -OCH3 is 1. The van der Waals surface area contributed by atoms with E-state index < -0.39 is 9.84 Å². The molecule has 0 saturated heterocycles. The first-order chi connectivity index (χ1) is 7.43. The summed E-state index contributed by atoms with van der Waals surface area (Å²) in [5.74, 6) is 0.269. The largest absolute Gasteiger partial charge is 0.377 e. The number of rotatable bonds is 7. The van der Waals surface area contributed by atoms with E-state index in [9.17, 15) is 8.42 Å². The first kappa shape index (κ1) is 13.9. The van der Waals surface area contributed by atoms with Crippen molar-refractivity contribution in [1.82, 2.24) is 5.32 Å². The van der Waals surface area contributed by atoms with Crippen molar-refractivity contribution in [3.8, 4) is 0 Å². The molecule has 0 aromatic heterocycles. The quantitative estimate of drug-likeness (QED) is 0.730. The molecule has 0 aliphatic heterocycles. The number of sulfone groups is 1. The van der Waals surface area contributed by atoms with Crippen molar-refractivity contribution in [2.75, 3.05) is 26.2 Å². The smallest absolute Gasteiger partial charge is 0.147 e. The lowest BCUT2D eigenvalue weighted by Crippen LogP contribution is -2.55. The summed E-state index contributed by atoms with van der Waals surface area (Å²) < 4.78 is 27.7. The molecule has 1 rings (SSSR count). The molecule has 1 fully saturated rings. The zero-order chi connectivity index (χ0) is 12.2. The fourth-order valence-corrected chi connectivity index (χ4v) is 3.13. The average Bonchev–Trinajstić information content (AvgIpc) is 2.12. The summed E-state index contributed by atoms with van der Waals surface area (Å²) >= 11 is 0. The predicted molar refractivity (Wildman–Crippen MR) is 65.4 cm³/mol. The van der Waals surface area contributed by atoms with Crippen molar-refractivity contribution in [2.45, 2.75) is 43.7 Å². The summed E-state index contributed by atoms with van der Waals surface area (Å²) in [6.45, 7) is 0. The summed E-state index contributed by atoms with van der Waals surface area (Å²) in [6, 6.07) is 0.271. The molecule has 1 unspecified atom stereocenters. The number of hydrogen-bond donors (Lipinski definition) is 1. The van der Waals surface area contributed by atoms with Crippen molar-refractivity contribution in [2.24, 2.45) is 0 Å². The predicted octanol–water partition coefficient (Wildman–Crippen LogP) is 0.968. The molecule has 1 aliphatic carbocycles. The molecule has 16 heavy (non-hydrogen) atoms. The molecule has 1 N–H and O–H groups in total. The van der Waals surface area contributed by atoms with Crippen LogP contribution in [-0.2, 0) is 14.6 Å². The van der Waals surface area contributed by atoms with E-state index in [0.29, 0.717) is 6.42 Å². The van der Waals surface area contributed by atoms with Crippen molar-refractivity contribution < 1.29 is 13.2 Å². The van der Waals surface area contributed by atoms with E-state index in [2.05, 4.69) is 5.32 Å². The van der Waals surface area contributed by atoms with Gasteiger partial charge in [0.25, 0.3) is 0 Å². The molecule has 0 spiro atoms. The van der Waals surface area contributed by atoms with E-state index in [0.717, 1.165) is 19.3 Å². The van der Waals surface area contributed by atoms with Crippen molar-refractivity contribution in [1.29, 1.82) is 0 Å². The van der Waals surface area contributed by atoms with E-state index in [-0.39, 0.29) is 17.4 Å². The Morgan fingerprint density at radius 2 is 2.06 bits per heavy atom. The summed E-state index contributed by atoms with van der Waals surface area (Å²) in [6.07, 6.45) is 6.21. The fraction of sp³-hybridized carbons (Fsp3) is 1.00. The summed E-state index contributed by atoms with van der Waals surface area (Å²) in [7, 11) is 0.833. The maximum Gasteiger partial charge on any atom is 0.147 e. The van der Waals surface area contributed by atoms with Gasteiger partial charge in [-0.3, -0.25) is 0 Å². The van der Waals surface area contributed by atoms with E-state index in [1.165, 1.54) is 12.7 Å². The molecular formula is C11H23NO3S. The van der Waals surface area contributed by atoms with Crippen LogP contribution in [0, 0.1) is 0 Å². The molecule has 0 aromatic rings. The molecule has 0 heterocycles. The number of hydrogen-bond acceptors (Lipinski definition) is 4. The molecule has 1 atom stereocenters. The van der Waals surface area contributed by atoms with Crippen molar-refractivity contribution in [3.05, 3.63) is 0 Å². The van der Waals surface area contributed by atoms with E-state index in [1.807, 2.05) is 7.05 Å². The van der Waals surface area contributed by atoms with Gasteiger partial charge in [0.1, 0.15) is 9.84 Å². The molecule has 96 valence electrons. The Morgan fingerprint density at radius 1 is 1.44 bits per heavy atom. The topological polar surface area (TPSA) is 55.4 Å². The van der Waals surface area contributed by atoms with Gasteiger partial charge in [0, 0.05) is 25.2 Å². The molecule has 5 heteroatoms. The summed E-state index contributed by atoms with van der Waals surface area (Å²) in [5.41, 5.74) is -0.0494. The first-order valence-corrected chi connectivity index (χ1v) is 7.90. The minimum Gasteiger partial charge on any atom is -0.377 e. The zero-order valence-electron chi connectivity index (χ0n) is 10.5. The minimum absolute atomic E-state index is 0.0494. The first-order valence-electron chi connectivity index (χ1n) is 5.84. The van der Waals surface area contributed by atoms with Crippen molar-refractivity contribution in [3.63, 3.8) is 0 Å². The number of nitrogens with one attached hydrogen (secondary N) is 1. The highest BCUT2D eigenvalue weighted by molar-refractivity contribution is 7.90. The van der Waals surface area contributed by atoms with Gasteiger partial charge in [-0.15, -0.1) is 0 Å². The van der Waals surface area contributed by atoms with Gasteiger partial charge in [-0.2, -0.15) is 0 Å². The van der Waals surface area contributed by atoms with Gasteiger partial charge >= 0.3 is 0 Å². The maximum absolute atomic E-state index is 11.1.